The normalized spacial score (nSPS) is 30.6. The van der Waals surface area contributed by atoms with Crippen LogP contribution in [0.15, 0.2) is 0 Å². The van der Waals surface area contributed by atoms with Crippen molar-refractivity contribution in [3.05, 3.63) is 0 Å². The van der Waals surface area contributed by atoms with E-state index in [0.29, 0.717) is 6.42 Å². The fourth-order valence-electron chi connectivity index (χ4n) is 1.49. The first-order chi connectivity index (χ1) is 7.04. The number of amides is 1. The van der Waals surface area contributed by atoms with Gasteiger partial charge in [-0.2, -0.15) is 0 Å². The minimum Gasteiger partial charge on any atom is -0.441 e. The molecular formula is C10H18FNO3. The number of nitrogens with one attached hydrogen (secondary N) is 1. The summed E-state index contributed by atoms with van der Waals surface area (Å²) in [6.07, 6.45) is -2.42. The highest BCUT2D eigenvalue weighted by Crippen LogP contribution is 2.22. The van der Waals surface area contributed by atoms with Crippen LogP contribution in [0.3, 0.4) is 0 Å². The summed E-state index contributed by atoms with van der Waals surface area (Å²) < 4.78 is 23.6. The summed E-state index contributed by atoms with van der Waals surface area (Å²) >= 11 is 0. The molecule has 1 saturated heterocycles. The first-order valence-corrected chi connectivity index (χ1v) is 5.27. The van der Waals surface area contributed by atoms with Gasteiger partial charge in [-0.25, -0.2) is 9.18 Å². The zero-order chi connectivity index (χ0) is 11.4. The Morgan fingerprint density at radius 2 is 2.33 bits per heavy atom. The third kappa shape index (κ3) is 3.34. The molecule has 1 aliphatic rings. The van der Waals surface area contributed by atoms with Gasteiger partial charge in [0.2, 0.25) is 0 Å². The number of halogens is 1. The summed E-state index contributed by atoms with van der Waals surface area (Å²) in [4.78, 5) is 11.2. The molecule has 1 rings (SSSR count). The van der Waals surface area contributed by atoms with Crippen molar-refractivity contribution in [3.8, 4) is 0 Å². The third-order valence-corrected chi connectivity index (χ3v) is 2.25. The van der Waals surface area contributed by atoms with E-state index in [1.165, 1.54) is 0 Å². The van der Waals surface area contributed by atoms with Gasteiger partial charge >= 0.3 is 6.09 Å². The van der Waals surface area contributed by atoms with Crippen LogP contribution in [-0.4, -0.2) is 37.1 Å². The molecule has 15 heavy (non-hydrogen) atoms. The van der Waals surface area contributed by atoms with Crippen molar-refractivity contribution in [1.29, 1.82) is 0 Å². The topological polar surface area (TPSA) is 47.6 Å². The molecule has 0 radical (unpaired) electrons. The molecule has 0 aromatic rings. The molecule has 88 valence electrons. The summed E-state index contributed by atoms with van der Waals surface area (Å²) in [5.74, 6) is 0. The predicted octanol–water partition coefficient (Wildman–Crippen LogP) is 1.64. The van der Waals surface area contributed by atoms with Gasteiger partial charge in [-0.3, -0.25) is 0 Å². The zero-order valence-electron chi connectivity index (χ0n) is 9.33. The maximum absolute atomic E-state index is 13.5. The van der Waals surface area contributed by atoms with Gasteiger partial charge in [0.15, 0.2) is 12.3 Å². The number of hydrogen-bond acceptors (Lipinski definition) is 3. The molecule has 1 heterocycles. The van der Waals surface area contributed by atoms with Crippen molar-refractivity contribution >= 4 is 6.09 Å². The number of rotatable bonds is 3. The van der Waals surface area contributed by atoms with Crippen LogP contribution in [0, 0.1) is 0 Å². The standard InChI is InChI=1S/C10H18FNO3/c1-4-7-9(11)8(5-14-7)15-10(13)12-6(2)3/h6-9H,4-5H2,1-3H3,(H,12,13)/t7-,8-,9+/m1/s1. The van der Waals surface area contributed by atoms with Crippen molar-refractivity contribution in [2.75, 3.05) is 6.61 Å². The van der Waals surface area contributed by atoms with Crippen molar-refractivity contribution < 1.29 is 18.7 Å². The fraction of sp³-hybridized carbons (Fsp3) is 0.900. The van der Waals surface area contributed by atoms with E-state index in [1.54, 1.807) is 0 Å². The molecule has 1 N–H and O–H groups in total. The number of hydrogen-bond donors (Lipinski definition) is 1. The smallest absolute Gasteiger partial charge is 0.407 e. The minimum absolute atomic E-state index is 0.0140. The van der Waals surface area contributed by atoms with Crippen LogP contribution in [0.2, 0.25) is 0 Å². The molecule has 5 heteroatoms. The highest BCUT2D eigenvalue weighted by molar-refractivity contribution is 5.67. The first-order valence-electron chi connectivity index (χ1n) is 5.27. The molecule has 1 amide bonds. The Bertz CT molecular complexity index is 223. The van der Waals surface area contributed by atoms with E-state index in [1.807, 2.05) is 20.8 Å². The lowest BCUT2D eigenvalue weighted by molar-refractivity contribution is 0.0615. The summed E-state index contributed by atoms with van der Waals surface area (Å²) in [5, 5.41) is 2.54. The number of ether oxygens (including phenoxy) is 2. The van der Waals surface area contributed by atoms with Crippen molar-refractivity contribution in [2.24, 2.45) is 0 Å². The van der Waals surface area contributed by atoms with Crippen molar-refractivity contribution in [2.45, 2.75) is 51.6 Å². The second-order valence-corrected chi connectivity index (χ2v) is 3.97. The fourth-order valence-corrected chi connectivity index (χ4v) is 1.49. The van der Waals surface area contributed by atoms with Crippen LogP contribution in [-0.2, 0) is 9.47 Å². The third-order valence-electron chi connectivity index (χ3n) is 2.25. The monoisotopic (exact) mass is 219 g/mol. The molecule has 0 unspecified atom stereocenters. The largest absolute Gasteiger partial charge is 0.441 e. The molecule has 0 aromatic carbocycles. The van der Waals surface area contributed by atoms with E-state index in [4.69, 9.17) is 9.47 Å². The van der Waals surface area contributed by atoms with Gasteiger partial charge in [-0.05, 0) is 20.3 Å². The molecule has 0 aromatic heterocycles. The molecule has 1 aliphatic heterocycles. The lowest BCUT2D eigenvalue weighted by Crippen LogP contribution is -2.37. The Morgan fingerprint density at radius 1 is 1.67 bits per heavy atom. The average Bonchev–Trinajstić information content (AvgIpc) is 2.46. The number of alkyl halides is 1. The summed E-state index contributed by atoms with van der Waals surface area (Å²) in [6, 6.07) is -0.0140. The molecule has 0 aliphatic carbocycles. The Kier molecular flexibility index (Phi) is 4.32. The number of carbonyl (C=O) groups excluding carboxylic acids is 1. The van der Waals surface area contributed by atoms with E-state index in [9.17, 15) is 9.18 Å². The van der Waals surface area contributed by atoms with Crippen LogP contribution >= 0.6 is 0 Å². The van der Waals surface area contributed by atoms with E-state index in [2.05, 4.69) is 5.32 Å². The maximum Gasteiger partial charge on any atom is 0.407 e. The van der Waals surface area contributed by atoms with Crippen LogP contribution in [0.1, 0.15) is 27.2 Å². The highest BCUT2D eigenvalue weighted by atomic mass is 19.1. The number of carbonyl (C=O) groups is 1. The van der Waals surface area contributed by atoms with Gasteiger partial charge in [0.1, 0.15) is 0 Å². The second kappa shape index (κ2) is 5.30. The van der Waals surface area contributed by atoms with Crippen LogP contribution < -0.4 is 5.32 Å². The van der Waals surface area contributed by atoms with E-state index >= 15 is 0 Å². The van der Waals surface area contributed by atoms with Crippen LogP contribution in [0.5, 0.6) is 0 Å². The lowest BCUT2D eigenvalue weighted by atomic mass is 10.1. The van der Waals surface area contributed by atoms with E-state index < -0.39 is 24.5 Å². The molecule has 0 saturated carbocycles. The van der Waals surface area contributed by atoms with Crippen LogP contribution in [0.25, 0.3) is 0 Å². The van der Waals surface area contributed by atoms with E-state index in [0.717, 1.165) is 0 Å². The predicted molar refractivity (Wildman–Crippen MR) is 53.5 cm³/mol. The maximum atomic E-state index is 13.5. The van der Waals surface area contributed by atoms with Gasteiger partial charge in [-0.15, -0.1) is 0 Å². The van der Waals surface area contributed by atoms with Crippen molar-refractivity contribution in [1.82, 2.24) is 5.32 Å². The Hall–Kier alpha value is -0.840. The van der Waals surface area contributed by atoms with Crippen molar-refractivity contribution in [3.63, 3.8) is 0 Å². The average molecular weight is 219 g/mol. The van der Waals surface area contributed by atoms with Crippen LogP contribution in [0.4, 0.5) is 9.18 Å². The SMILES string of the molecule is CC[C@H]1OC[C@@H](OC(=O)NC(C)C)[C@H]1F. The van der Waals surface area contributed by atoms with Gasteiger partial charge in [0.25, 0.3) is 0 Å². The zero-order valence-corrected chi connectivity index (χ0v) is 9.33. The second-order valence-electron chi connectivity index (χ2n) is 3.97. The van der Waals surface area contributed by atoms with Gasteiger partial charge in [0.05, 0.1) is 12.7 Å². The Labute approximate surface area is 89.1 Å². The summed E-state index contributed by atoms with van der Waals surface area (Å²) in [7, 11) is 0. The molecule has 4 nitrogen and oxygen atoms in total. The lowest BCUT2D eigenvalue weighted by Gasteiger charge is -2.16. The summed E-state index contributed by atoms with van der Waals surface area (Å²) in [5.41, 5.74) is 0. The highest BCUT2D eigenvalue weighted by Gasteiger charge is 2.39. The molecule has 3 atom stereocenters. The Balaban J connectivity index is 2.36. The Morgan fingerprint density at radius 3 is 2.80 bits per heavy atom. The molecule has 0 spiro atoms. The quantitative estimate of drug-likeness (QED) is 0.785. The van der Waals surface area contributed by atoms with Gasteiger partial charge in [0, 0.05) is 6.04 Å². The molecular weight excluding hydrogens is 201 g/mol. The number of alkyl carbamates (subject to hydrolysis) is 1. The molecule has 0 bridgehead atoms. The van der Waals surface area contributed by atoms with Gasteiger partial charge in [-0.1, -0.05) is 6.92 Å². The minimum atomic E-state index is -1.21. The van der Waals surface area contributed by atoms with Gasteiger partial charge < -0.3 is 14.8 Å². The van der Waals surface area contributed by atoms with E-state index in [-0.39, 0.29) is 12.6 Å². The summed E-state index contributed by atoms with van der Waals surface area (Å²) in [6.45, 7) is 5.61. The molecule has 1 fully saturated rings. The first kappa shape index (κ1) is 12.2.